The van der Waals surface area contributed by atoms with Crippen molar-refractivity contribution >= 4 is 23.4 Å². The van der Waals surface area contributed by atoms with Crippen molar-refractivity contribution in [1.29, 1.82) is 0 Å². The van der Waals surface area contributed by atoms with E-state index in [2.05, 4.69) is 35.5 Å². The molecule has 5 heterocycles. The lowest BCUT2D eigenvalue weighted by Crippen LogP contribution is -2.56. The first kappa shape index (κ1) is 37.2. The Bertz CT molecular complexity index is 1910. The summed E-state index contributed by atoms with van der Waals surface area (Å²) >= 11 is 0. The second-order valence-corrected chi connectivity index (χ2v) is 16.0. The number of amides is 1. The van der Waals surface area contributed by atoms with Crippen LogP contribution in [0.25, 0.3) is 11.3 Å². The highest BCUT2D eigenvalue weighted by Gasteiger charge is 2.47. The number of nitrogens with zero attached hydrogens (tertiary/aromatic N) is 6. The van der Waals surface area contributed by atoms with E-state index in [4.69, 9.17) is 10.5 Å². The van der Waals surface area contributed by atoms with Crippen LogP contribution < -0.4 is 16.4 Å². The summed E-state index contributed by atoms with van der Waals surface area (Å²) in [6.07, 6.45) is 15.5. The lowest BCUT2D eigenvalue weighted by atomic mass is 9.60. The number of anilines is 2. The molecule has 0 radical (unpaired) electrons. The van der Waals surface area contributed by atoms with E-state index in [1.807, 2.05) is 10.9 Å². The number of hydrogen-bond donors (Lipinski definition) is 3. The van der Waals surface area contributed by atoms with Crippen molar-refractivity contribution < 1.29 is 18.7 Å². The van der Waals surface area contributed by atoms with Crippen LogP contribution in [0.1, 0.15) is 86.0 Å². The van der Waals surface area contributed by atoms with Crippen LogP contribution in [0, 0.1) is 17.2 Å². The van der Waals surface area contributed by atoms with E-state index in [0.717, 1.165) is 37.9 Å². The van der Waals surface area contributed by atoms with Gasteiger partial charge in [0, 0.05) is 42.1 Å². The monoisotopic (exact) mass is 749 g/mol. The molecular formula is C42H52FN9O3. The van der Waals surface area contributed by atoms with Crippen molar-refractivity contribution in [2.45, 2.75) is 76.0 Å². The van der Waals surface area contributed by atoms with Crippen LogP contribution in [0.5, 0.6) is 0 Å². The average Bonchev–Trinajstić information content (AvgIpc) is 3.71. The predicted molar refractivity (Wildman–Crippen MR) is 208 cm³/mol. The molecule has 55 heavy (non-hydrogen) atoms. The number of carbonyl (C=O) groups is 2. The number of aromatic nitrogens is 4. The van der Waals surface area contributed by atoms with E-state index in [-0.39, 0.29) is 17.6 Å². The van der Waals surface area contributed by atoms with Crippen LogP contribution in [0.4, 0.5) is 15.9 Å². The summed E-state index contributed by atoms with van der Waals surface area (Å²) in [5, 5.41) is 10.9. The van der Waals surface area contributed by atoms with Crippen LogP contribution in [0.2, 0.25) is 0 Å². The first-order valence-electron chi connectivity index (χ1n) is 20.0. The number of nitrogens with one attached hydrogen (secondary N) is 2. The number of esters is 1. The summed E-state index contributed by atoms with van der Waals surface area (Å²) in [7, 11) is 0. The van der Waals surface area contributed by atoms with E-state index in [1.165, 1.54) is 108 Å². The molecule has 12 nitrogen and oxygen atoms in total. The molecular weight excluding hydrogens is 698 g/mol. The second kappa shape index (κ2) is 16.6. The van der Waals surface area contributed by atoms with Gasteiger partial charge in [-0.05, 0) is 126 Å². The van der Waals surface area contributed by atoms with Gasteiger partial charge in [0.1, 0.15) is 5.82 Å². The molecule has 4 fully saturated rings. The molecule has 13 heteroatoms. The van der Waals surface area contributed by atoms with Crippen LogP contribution in [-0.4, -0.2) is 93.3 Å². The van der Waals surface area contributed by atoms with Gasteiger partial charge in [-0.2, -0.15) is 5.10 Å². The molecule has 8 rings (SSSR count). The molecule has 0 bridgehead atoms. The number of halogens is 1. The summed E-state index contributed by atoms with van der Waals surface area (Å²) in [5.74, 6) is -1.23. The number of nitrogens with two attached hydrogens (primary N) is 1. The minimum atomic E-state index is -1.32. The van der Waals surface area contributed by atoms with Crippen LogP contribution in [-0.2, 0) is 9.53 Å². The number of carbonyl (C=O) groups excluding carboxylic acids is 2. The summed E-state index contributed by atoms with van der Waals surface area (Å²) in [6.45, 7) is 8.23. The minimum absolute atomic E-state index is 0.117. The van der Waals surface area contributed by atoms with E-state index < -0.39 is 23.8 Å². The molecule has 1 saturated carbocycles. The maximum atomic E-state index is 13.5. The molecule has 3 saturated heterocycles. The fourth-order valence-electron chi connectivity index (χ4n) is 9.11. The molecule has 4 aliphatic rings. The van der Waals surface area contributed by atoms with Gasteiger partial charge in [-0.3, -0.25) is 9.48 Å². The maximum Gasteiger partial charge on any atom is 0.361 e. The standard InChI is InChI=1S/C42H52FN9O3/c43-32-6-8-33(9-7-32)48-40(53)38(30-4-2-1-3-5-30)55-41(54)37-39(44)46-27-36(49-37)31-26-47-52(28-31)34-13-20-50(21-14-34)19-10-29-11-22-51(23-12-29)35-24-42(25-35)15-17-45-18-16-42/h1-9,26-29,34-35,38,45H,10-25H2,(H2,44,46)(H,48,53)/t38-/m1/s1. The zero-order chi connectivity index (χ0) is 37.8. The highest BCUT2D eigenvalue weighted by molar-refractivity contribution is 5.99. The normalized spacial score (nSPS) is 20.5. The second-order valence-electron chi connectivity index (χ2n) is 16.0. The Kier molecular flexibility index (Phi) is 11.2. The Hall–Kier alpha value is -4.72. The Morgan fingerprint density at radius 1 is 0.945 bits per heavy atom. The van der Waals surface area contributed by atoms with Gasteiger partial charge in [0.25, 0.3) is 5.91 Å². The molecule has 2 aromatic carbocycles. The highest BCUT2D eigenvalue weighted by atomic mass is 19.1. The first-order chi connectivity index (χ1) is 26.8. The van der Waals surface area contributed by atoms with Gasteiger partial charge in [-0.15, -0.1) is 0 Å². The van der Waals surface area contributed by atoms with E-state index in [1.54, 1.807) is 36.5 Å². The molecule has 1 atom stereocenters. The van der Waals surface area contributed by atoms with E-state index in [9.17, 15) is 14.0 Å². The van der Waals surface area contributed by atoms with Gasteiger partial charge < -0.3 is 30.9 Å². The third-order valence-electron chi connectivity index (χ3n) is 12.5. The minimum Gasteiger partial charge on any atom is -0.442 e. The Morgan fingerprint density at radius 3 is 2.40 bits per heavy atom. The number of piperidine rings is 3. The lowest BCUT2D eigenvalue weighted by molar-refractivity contribution is -0.125. The van der Waals surface area contributed by atoms with Crippen molar-refractivity contribution in [3.8, 4) is 11.3 Å². The zero-order valence-electron chi connectivity index (χ0n) is 31.4. The summed E-state index contributed by atoms with van der Waals surface area (Å²) in [6, 6.07) is 15.0. The summed E-state index contributed by atoms with van der Waals surface area (Å²) in [5.41, 5.74) is 8.50. The Labute approximate surface area is 322 Å². The van der Waals surface area contributed by atoms with Crippen molar-refractivity contribution in [2.75, 3.05) is 56.9 Å². The van der Waals surface area contributed by atoms with Gasteiger partial charge in [0.2, 0.25) is 6.10 Å². The van der Waals surface area contributed by atoms with Gasteiger partial charge >= 0.3 is 5.97 Å². The van der Waals surface area contributed by atoms with Gasteiger partial charge in [-0.1, -0.05) is 30.3 Å². The molecule has 1 aliphatic carbocycles. The van der Waals surface area contributed by atoms with Crippen molar-refractivity contribution in [1.82, 2.24) is 34.9 Å². The van der Waals surface area contributed by atoms with Crippen LogP contribution in [0.3, 0.4) is 0 Å². The molecule has 4 N–H and O–H groups in total. The van der Waals surface area contributed by atoms with Gasteiger partial charge in [0.05, 0.1) is 24.1 Å². The topological polar surface area (TPSA) is 144 Å². The molecule has 4 aromatic rings. The van der Waals surface area contributed by atoms with Crippen LogP contribution >= 0.6 is 0 Å². The average molecular weight is 750 g/mol. The summed E-state index contributed by atoms with van der Waals surface area (Å²) in [4.78, 5) is 41.0. The zero-order valence-corrected chi connectivity index (χ0v) is 31.4. The molecule has 1 amide bonds. The first-order valence-corrected chi connectivity index (χ1v) is 20.0. The fourth-order valence-corrected chi connectivity index (χ4v) is 9.11. The third kappa shape index (κ3) is 8.74. The third-order valence-corrected chi connectivity index (χ3v) is 12.5. The molecule has 290 valence electrons. The summed E-state index contributed by atoms with van der Waals surface area (Å²) < 4.78 is 21.2. The van der Waals surface area contributed by atoms with Gasteiger partial charge in [0.15, 0.2) is 11.5 Å². The molecule has 0 unspecified atom stereocenters. The predicted octanol–water partition coefficient (Wildman–Crippen LogP) is 5.87. The Morgan fingerprint density at radius 2 is 1.67 bits per heavy atom. The number of nitrogen functional groups attached to an aromatic ring is 1. The number of benzene rings is 2. The largest absolute Gasteiger partial charge is 0.442 e. The molecule has 3 aliphatic heterocycles. The molecule has 2 aromatic heterocycles. The highest BCUT2D eigenvalue weighted by Crippen LogP contribution is 2.50. The molecule has 1 spiro atoms. The number of hydrogen-bond acceptors (Lipinski definition) is 10. The number of ether oxygens (including phenoxy) is 1. The van der Waals surface area contributed by atoms with E-state index >= 15 is 0 Å². The van der Waals surface area contributed by atoms with E-state index in [0.29, 0.717) is 27.9 Å². The maximum absolute atomic E-state index is 13.5. The smallest absolute Gasteiger partial charge is 0.361 e. The van der Waals surface area contributed by atoms with Crippen molar-refractivity contribution in [3.63, 3.8) is 0 Å². The van der Waals surface area contributed by atoms with Gasteiger partial charge in [-0.25, -0.2) is 19.2 Å². The van der Waals surface area contributed by atoms with Crippen LogP contribution in [0.15, 0.2) is 73.2 Å². The number of likely N-dealkylation sites (tertiary alicyclic amines) is 2. The fraction of sp³-hybridized carbons (Fsp3) is 0.500. The van der Waals surface area contributed by atoms with Crippen molar-refractivity contribution in [2.24, 2.45) is 11.3 Å². The number of rotatable bonds is 11. The quantitative estimate of drug-likeness (QED) is 0.159. The SMILES string of the molecule is Nc1ncc(-c2cnn(C3CCN(CCC4CCN(C5CC6(CCNCC6)C5)CC4)CC3)c2)nc1C(=O)O[C@@H](C(=O)Nc1ccc(F)cc1)c1ccccc1. The van der Waals surface area contributed by atoms with Crippen molar-refractivity contribution in [3.05, 3.63) is 90.3 Å². The lowest BCUT2D eigenvalue weighted by Gasteiger charge is -2.55. The Balaban J connectivity index is 0.825.